The highest BCUT2D eigenvalue weighted by Crippen LogP contribution is 2.28. The van der Waals surface area contributed by atoms with Gasteiger partial charge in [-0.2, -0.15) is 0 Å². The Morgan fingerprint density at radius 3 is 2.50 bits per heavy atom. The predicted molar refractivity (Wildman–Crippen MR) is 104 cm³/mol. The van der Waals surface area contributed by atoms with E-state index in [1.807, 2.05) is 25.1 Å². The van der Waals surface area contributed by atoms with Gasteiger partial charge >= 0.3 is 5.97 Å². The van der Waals surface area contributed by atoms with Crippen LogP contribution >= 0.6 is 0 Å². The van der Waals surface area contributed by atoms with Crippen molar-refractivity contribution in [2.45, 2.75) is 13.3 Å². The van der Waals surface area contributed by atoms with Gasteiger partial charge in [0, 0.05) is 12.1 Å². The average molecular weight is 387 g/mol. The first-order valence-electron chi connectivity index (χ1n) is 8.86. The second-order valence-corrected chi connectivity index (χ2v) is 6.42. The van der Waals surface area contributed by atoms with Crippen molar-refractivity contribution < 1.29 is 28.9 Å². The van der Waals surface area contributed by atoms with Gasteiger partial charge in [0.2, 0.25) is 0 Å². The van der Waals surface area contributed by atoms with Crippen LogP contribution in [0.2, 0.25) is 0 Å². The summed E-state index contributed by atoms with van der Waals surface area (Å²) in [5, 5.41) is 11.6. The number of hydrogen-bond acceptors (Lipinski definition) is 5. The van der Waals surface area contributed by atoms with E-state index in [1.165, 1.54) is 6.07 Å². The molecule has 7 heteroatoms. The predicted octanol–water partition coefficient (Wildman–Crippen LogP) is 2.78. The second kappa shape index (κ2) is 10.2. The average Bonchev–Trinajstić information content (AvgIpc) is 2.70. The molecule has 2 aromatic carbocycles. The molecule has 0 heterocycles. The minimum atomic E-state index is -1.07. The minimum Gasteiger partial charge on any atom is -0.493 e. The van der Waals surface area contributed by atoms with Crippen LogP contribution < -0.4 is 19.5 Å². The minimum absolute atomic E-state index is 0.202. The number of methoxy groups -OCH3 is 2. The summed E-state index contributed by atoms with van der Waals surface area (Å²) in [6.45, 7) is 2.09. The number of benzene rings is 2. The Kier molecular flexibility index (Phi) is 7.68. The van der Waals surface area contributed by atoms with Crippen molar-refractivity contribution in [2.24, 2.45) is 5.92 Å². The second-order valence-electron chi connectivity index (χ2n) is 6.42. The summed E-state index contributed by atoms with van der Waals surface area (Å²) < 4.78 is 15.7. The van der Waals surface area contributed by atoms with E-state index in [-0.39, 0.29) is 11.8 Å². The van der Waals surface area contributed by atoms with Crippen LogP contribution in [0.15, 0.2) is 42.5 Å². The van der Waals surface area contributed by atoms with Gasteiger partial charge in [-0.1, -0.05) is 19.1 Å². The molecule has 0 aliphatic carbocycles. The summed E-state index contributed by atoms with van der Waals surface area (Å²) in [4.78, 5) is 22.9. The zero-order valence-corrected chi connectivity index (χ0v) is 16.2. The van der Waals surface area contributed by atoms with Gasteiger partial charge < -0.3 is 24.6 Å². The van der Waals surface area contributed by atoms with Gasteiger partial charge in [0.15, 0.2) is 18.1 Å². The Balaban J connectivity index is 1.90. The highest BCUT2D eigenvalue weighted by molar-refractivity contribution is 5.94. The van der Waals surface area contributed by atoms with Gasteiger partial charge in [-0.3, -0.25) is 4.79 Å². The van der Waals surface area contributed by atoms with Crippen LogP contribution in [0.25, 0.3) is 0 Å². The standard InChI is InChI=1S/C21H25NO6/c1-14(9-15-7-8-18(26-2)19(10-15)27-3)12-22-21(25)16-5-4-6-17(11-16)28-13-20(23)24/h4-8,10-11,14H,9,12-13H2,1-3H3,(H,22,25)(H,23,24). The van der Waals surface area contributed by atoms with Crippen molar-refractivity contribution in [3.05, 3.63) is 53.6 Å². The molecule has 0 bridgehead atoms. The van der Waals surface area contributed by atoms with Gasteiger partial charge in [0.05, 0.1) is 14.2 Å². The highest BCUT2D eigenvalue weighted by atomic mass is 16.5. The van der Waals surface area contributed by atoms with Crippen LogP contribution in [-0.4, -0.2) is 44.4 Å². The van der Waals surface area contributed by atoms with Crippen molar-refractivity contribution in [1.29, 1.82) is 0 Å². The zero-order valence-electron chi connectivity index (χ0n) is 16.2. The lowest BCUT2D eigenvalue weighted by molar-refractivity contribution is -0.139. The number of ether oxygens (including phenoxy) is 3. The zero-order chi connectivity index (χ0) is 20.5. The Morgan fingerprint density at radius 2 is 1.82 bits per heavy atom. The van der Waals surface area contributed by atoms with Gasteiger partial charge in [0.1, 0.15) is 5.75 Å². The molecular weight excluding hydrogens is 362 g/mol. The van der Waals surface area contributed by atoms with Crippen LogP contribution in [0.1, 0.15) is 22.8 Å². The van der Waals surface area contributed by atoms with E-state index in [0.717, 1.165) is 12.0 Å². The van der Waals surface area contributed by atoms with E-state index < -0.39 is 12.6 Å². The van der Waals surface area contributed by atoms with Crippen LogP contribution in [-0.2, 0) is 11.2 Å². The van der Waals surface area contributed by atoms with Crippen molar-refractivity contribution in [1.82, 2.24) is 5.32 Å². The van der Waals surface area contributed by atoms with E-state index in [1.54, 1.807) is 32.4 Å². The van der Waals surface area contributed by atoms with Crippen LogP contribution in [0.4, 0.5) is 0 Å². The van der Waals surface area contributed by atoms with E-state index in [9.17, 15) is 9.59 Å². The first-order chi connectivity index (χ1) is 13.4. The Bertz CT molecular complexity index is 820. The van der Waals surface area contributed by atoms with Crippen LogP contribution in [0.5, 0.6) is 17.2 Å². The molecule has 0 fully saturated rings. The summed E-state index contributed by atoms with van der Waals surface area (Å²) in [6, 6.07) is 12.2. The molecule has 0 radical (unpaired) electrons. The molecule has 0 aliphatic rings. The number of carboxylic acids is 1. The van der Waals surface area contributed by atoms with Gasteiger partial charge in [-0.15, -0.1) is 0 Å². The summed E-state index contributed by atoms with van der Waals surface area (Å²) in [6.07, 6.45) is 0.766. The lowest BCUT2D eigenvalue weighted by Crippen LogP contribution is -2.29. The molecule has 0 spiro atoms. The molecule has 2 N–H and O–H groups in total. The number of carbonyl (C=O) groups excluding carboxylic acids is 1. The van der Waals surface area contributed by atoms with Crippen LogP contribution in [0.3, 0.4) is 0 Å². The molecule has 0 aliphatic heterocycles. The molecule has 0 aromatic heterocycles. The molecule has 2 rings (SSSR count). The van der Waals surface area contributed by atoms with Crippen LogP contribution in [0, 0.1) is 5.92 Å². The Labute approximate surface area is 164 Å². The first-order valence-corrected chi connectivity index (χ1v) is 8.86. The molecule has 0 saturated heterocycles. The molecule has 1 atom stereocenters. The fraction of sp³-hybridized carbons (Fsp3) is 0.333. The van der Waals surface area contributed by atoms with Gasteiger partial charge in [0.25, 0.3) is 5.91 Å². The summed E-state index contributed by atoms with van der Waals surface area (Å²) in [5.41, 5.74) is 1.50. The first kappa shape index (κ1) is 21.1. The Hall–Kier alpha value is -3.22. The van der Waals surface area contributed by atoms with E-state index in [2.05, 4.69) is 5.32 Å². The number of carboxylic acid groups (broad SMARTS) is 1. The topological polar surface area (TPSA) is 94.1 Å². The summed E-state index contributed by atoms with van der Waals surface area (Å²) in [5.74, 6) is 0.590. The van der Waals surface area contributed by atoms with Gasteiger partial charge in [-0.25, -0.2) is 4.79 Å². The fourth-order valence-corrected chi connectivity index (χ4v) is 2.72. The van der Waals surface area contributed by atoms with Gasteiger partial charge in [-0.05, 0) is 48.2 Å². The SMILES string of the molecule is COc1ccc(CC(C)CNC(=O)c2cccc(OCC(=O)O)c2)cc1OC. The van der Waals surface area contributed by atoms with Crippen molar-refractivity contribution >= 4 is 11.9 Å². The fourth-order valence-electron chi connectivity index (χ4n) is 2.72. The number of carbonyl (C=O) groups is 2. The lowest BCUT2D eigenvalue weighted by Gasteiger charge is -2.15. The lowest BCUT2D eigenvalue weighted by atomic mass is 10.0. The monoisotopic (exact) mass is 387 g/mol. The maximum atomic E-state index is 12.4. The maximum absolute atomic E-state index is 12.4. The molecule has 1 unspecified atom stereocenters. The van der Waals surface area contributed by atoms with Crippen molar-refractivity contribution in [2.75, 3.05) is 27.4 Å². The largest absolute Gasteiger partial charge is 0.493 e. The number of hydrogen-bond donors (Lipinski definition) is 2. The molecule has 0 saturated carbocycles. The molecule has 2 aromatic rings. The molecule has 7 nitrogen and oxygen atoms in total. The quantitative estimate of drug-likeness (QED) is 0.651. The summed E-state index contributed by atoms with van der Waals surface area (Å²) >= 11 is 0. The molecule has 150 valence electrons. The normalized spacial score (nSPS) is 11.4. The maximum Gasteiger partial charge on any atom is 0.341 e. The third-order valence-electron chi connectivity index (χ3n) is 4.10. The van der Waals surface area contributed by atoms with E-state index >= 15 is 0 Å². The van der Waals surface area contributed by atoms with E-state index in [4.69, 9.17) is 19.3 Å². The molecule has 28 heavy (non-hydrogen) atoms. The highest BCUT2D eigenvalue weighted by Gasteiger charge is 2.12. The van der Waals surface area contributed by atoms with Crippen molar-refractivity contribution in [3.8, 4) is 17.2 Å². The number of nitrogens with one attached hydrogen (secondary N) is 1. The molecule has 1 amide bonds. The van der Waals surface area contributed by atoms with Crippen molar-refractivity contribution in [3.63, 3.8) is 0 Å². The number of amides is 1. The third-order valence-corrected chi connectivity index (χ3v) is 4.10. The smallest absolute Gasteiger partial charge is 0.341 e. The molecular formula is C21H25NO6. The summed E-state index contributed by atoms with van der Waals surface area (Å²) in [7, 11) is 3.19. The number of rotatable bonds is 10. The number of aliphatic carboxylic acids is 1. The Morgan fingerprint density at radius 1 is 1.07 bits per heavy atom. The van der Waals surface area contributed by atoms with E-state index in [0.29, 0.717) is 29.4 Å². The third kappa shape index (κ3) is 6.19.